The van der Waals surface area contributed by atoms with Crippen molar-refractivity contribution in [2.75, 3.05) is 9.80 Å². The molecule has 0 amide bonds. The van der Waals surface area contributed by atoms with Crippen LogP contribution in [-0.2, 0) is 10.8 Å². The molecule has 2 heteroatoms. The Morgan fingerprint density at radius 3 is 1.02 bits per heavy atom. The molecule has 0 atom stereocenters. The molecule has 0 aromatic heterocycles. The minimum Gasteiger partial charge on any atom is -0.309 e. The fourth-order valence-corrected chi connectivity index (χ4v) is 7.93. The molecule has 56 heavy (non-hydrogen) atoms. The molecule has 8 rings (SSSR count). The van der Waals surface area contributed by atoms with Crippen molar-refractivity contribution in [3.8, 4) is 0 Å². The molecule has 0 fully saturated rings. The van der Waals surface area contributed by atoms with Gasteiger partial charge in [0.25, 0.3) is 0 Å². The maximum atomic E-state index is 2.50. The lowest BCUT2D eigenvalue weighted by Crippen LogP contribution is -2.16. The molecule has 2 nitrogen and oxygen atoms in total. The Kier molecular flexibility index (Phi) is 9.28. The van der Waals surface area contributed by atoms with Gasteiger partial charge in [-0.25, -0.2) is 0 Å². The highest BCUT2D eigenvalue weighted by Crippen LogP contribution is 2.52. The molecular weight excluding hydrogens is 677 g/mol. The van der Waals surface area contributed by atoms with E-state index in [0.717, 1.165) is 22.7 Å². The number of benzene rings is 8. The first kappa shape index (κ1) is 37.1. The van der Waals surface area contributed by atoms with E-state index in [-0.39, 0.29) is 10.8 Å². The minimum absolute atomic E-state index is 0.0212. The standard InChI is InChI=1S/C54H54N2/c1-35-11-22-43(23-12-35)55(44-24-13-36(2)14-25-44)51-47-30-21-42(54(8,9)10)34-50(47)52(48-32-39-19-20-41(53(5,6)7)31-40(39)33-49(48)51)56(45-26-15-37(3)16-27-45)46-28-17-38(4)18-29-46/h11-34H,1-10H3. The summed E-state index contributed by atoms with van der Waals surface area (Å²) in [6.45, 7) is 22.5. The first-order chi connectivity index (χ1) is 26.7. The van der Waals surface area contributed by atoms with Gasteiger partial charge in [0.1, 0.15) is 0 Å². The molecule has 0 N–H and O–H groups in total. The highest BCUT2D eigenvalue weighted by Gasteiger charge is 2.28. The van der Waals surface area contributed by atoms with Gasteiger partial charge in [0.15, 0.2) is 0 Å². The van der Waals surface area contributed by atoms with Crippen LogP contribution in [0.15, 0.2) is 146 Å². The first-order valence-electron chi connectivity index (χ1n) is 20.0. The van der Waals surface area contributed by atoms with Gasteiger partial charge < -0.3 is 9.80 Å². The Morgan fingerprint density at radius 2 is 0.625 bits per heavy atom. The summed E-state index contributed by atoms with van der Waals surface area (Å²) in [5.41, 5.74) is 14.5. The van der Waals surface area contributed by atoms with Gasteiger partial charge in [-0.1, -0.05) is 143 Å². The van der Waals surface area contributed by atoms with Crippen molar-refractivity contribution in [2.24, 2.45) is 0 Å². The van der Waals surface area contributed by atoms with Crippen molar-refractivity contribution in [2.45, 2.75) is 80.1 Å². The summed E-state index contributed by atoms with van der Waals surface area (Å²) < 4.78 is 0. The Balaban J connectivity index is 1.61. The third kappa shape index (κ3) is 6.94. The summed E-state index contributed by atoms with van der Waals surface area (Å²) in [6.07, 6.45) is 0. The van der Waals surface area contributed by atoms with E-state index < -0.39 is 0 Å². The highest BCUT2D eigenvalue weighted by molar-refractivity contribution is 6.25. The predicted molar refractivity (Wildman–Crippen MR) is 245 cm³/mol. The van der Waals surface area contributed by atoms with Crippen LogP contribution in [0.1, 0.15) is 74.9 Å². The van der Waals surface area contributed by atoms with E-state index in [2.05, 4.69) is 225 Å². The Bertz CT molecular complexity index is 2610. The monoisotopic (exact) mass is 730 g/mol. The van der Waals surface area contributed by atoms with Crippen LogP contribution in [0, 0.1) is 27.7 Å². The normalized spacial score (nSPS) is 12.1. The van der Waals surface area contributed by atoms with Gasteiger partial charge in [0.2, 0.25) is 0 Å². The van der Waals surface area contributed by atoms with Gasteiger partial charge in [-0.2, -0.15) is 0 Å². The number of nitrogens with zero attached hydrogens (tertiary/aromatic N) is 2. The summed E-state index contributed by atoms with van der Waals surface area (Å²) >= 11 is 0. The third-order valence-electron chi connectivity index (χ3n) is 11.4. The molecule has 0 aliphatic rings. The van der Waals surface area contributed by atoms with Crippen LogP contribution in [0.25, 0.3) is 32.3 Å². The van der Waals surface area contributed by atoms with Crippen LogP contribution >= 0.6 is 0 Å². The molecule has 0 unspecified atom stereocenters. The maximum Gasteiger partial charge on any atom is 0.0620 e. The van der Waals surface area contributed by atoms with Crippen molar-refractivity contribution in [3.63, 3.8) is 0 Å². The molecule has 0 radical (unpaired) electrons. The summed E-state index contributed by atoms with van der Waals surface area (Å²) in [5, 5.41) is 7.31. The second kappa shape index (κ2) is 14.0. The summed E-state index contributed by atoms with van der Waals surface area (Å²) in [4.78, 5) is 4.99. The highest BCUT2D eigenvalue weighted by atomic mass is 15.2. The Hall–Kier alpha value is -5.86. The summed E-state index contributed by atoms with van der Waals surface area (Å²) in [6, 6.07) is 55.2. The zero-order valence-electron chi connectivity index (χ0n) is 34.8. The van der Waals surface area contributed by atoms with Crippen LogP contribution < -0.4 is 9.80 Å². The molecule has 8 aromatic carbocycles. The van der Waals surface area contributed by atoms with E-state index in [1.165, 1.54) is 77.1 Å². The second-order valence-electron chi connectivity index (χ2n) is 17.9. The zero-order valence-corrected chi connectivity index (χ0v) is 34.8. The van der Waals surface area contributed by atoms with Gasteiger partial charge in [0, 0.05) is 44.3 Å². The van der Waals surface area contributed by atoms with Crippen molar-refractivity contribution >= 4 is 66.4 Å². The number of fused-ring (bicyclic) bond motifs is 3. The van der Waals surface area contributed by atoms with Gasteiger partial charge >= 0.3 is 0 Å². The molecule has 0 spiro atoms. The fraction of sp³-hybridized carbons (Fsp3) is 0.222. The van der Waals surface area contributed by atoms with E-state index in [4.69, 9.17) is 0 Å². The molecular formula is C54H54N2. The molecule has 0 bridgehead atoms. The van der Waals surface area contributed by atoms with Gasteiger partial charge in [-0.05, 0) is 127 Å². The van der Waals surface area contributed by atoms with Crippen molar-refractivity contribution in [1.82, 2.24) is 0 Å². The molecule has 280 valence electrons. The van der Waals surface area contributed by atoms with E-state index in [9.17, 15) is 0 Å². The third-order valence-corrected chi connectivity index (χ3v) is 11.4. The average Bonchev–Trinajstić information content (AvgIpc) is 3.16. The van der Waals surface area contributed by atoms with Gasteiger partial charge in [-0.3, -0.25) is 0 Å². The van der Waals surface area contributed by atoms with E-state index >= 15 is 0 Å². The van der Waals surface area contributed by atoms with Crippen LogP contribution in [0.4, 0.5) is 34.1 Å². The van der Waals surface area contributed by atoms with E-state index in [1.54, 1.807) is 0 Å². The molecule has 0 heterocycles. The number of anilines is 6. The van der Waals surface area contributed by atoms with Crippen molar-refractivity contribution in [3.05, 3.63) is 179 Å². The average molecular weight is 731 g/mol. The van der Waals surface area contributed by atoms with Crippen LogP contribution in [-0.4, -0.2) is 0 Å². The lowest BCUT2D eigenvalue weighted by atomic mass is 9.83. The fourth-order valence-electron chi connectivity index (χ4n) is 7.93. The summed E-state index contributed by atoms with van der Waals surface area (Å²) in [5.74, 6) is 0. The number of hydrogen-bond acceptors (Lipinski definition) is 2. The lowest BCUT2D eigenvalue weighted by Gasteiger charge is -2.34. The summed E-state index contributed by atoms with van der Waals surface area (Å²) in [7, 11) is 0. The smallest absolute Gasteiger partial charge is 0.0620 e. The number of rotatable bonds is 6. The topological polar surface area (TPSA) is 6.48 Å². The largest absolute Gasteiger partial charge is 0.309 e. The molecule has 0 aliphatic carbocycles. The van der Waals surface area contributed by atoms with Crippen molar-refractivity contribution in [1.29, 1.82) is 0 Å². The first-order valence-corrected chi connectivity index (χ1v) is 20.0. The van der Waals surface area contributed by atoms with E-state index in [1.807, 2.05) is 0 Å². The van der Waals surface area contributed by atoms with Crippen molar-refractivity contribution < 1.29 is 0 Å². The minimum atomic E-state index is -0.0561. The molecule has 0 saturated carbocycles. The van der Waals surface area contributed by atoms with E-state index in [0.29, 0.717) is 0 Å². The second-order valence-corrected chi connectivity index (χ2v) is 17.9. The molecule has 0 saturated heterocycles. The predicted octanol–water partition coefficient (Wildman–Crippen LogP) is 15.9. The molecule has 8 aromatic rings. The van der Waals surface area contributed by atoms with Crippen LogP contribution in [0.2, 0.25) is 0 Å². The van der Waals surface area contributed by atoms with Crippen LogP contribution in [0.5, 0.6) is 0 Å². The SMILES string of the molecule is Cc1ccc(N(c2ccc(C)cc2)c2c3ccc(C(C)(C)C)cc3c(N(c3ccc(C)cc3)c3ccc(C)cc3)c3cc4ccc(C(C)(C)C)cc4cc23)cc1. The quantitative estimate of drug-likeness (QED) is 0.124. The molecule has 0 aliphatic heterocycles. The number of hydrogen-bond donors (Lipinski definition) is 0. The maximum absolute atomic E-state index is 2.50. The van der Waals surface area contributed by atoms with Gasteiger partial charge in [-0.15, -0.1) is 0 Å². The number of aryl methyl sites for hydroxylation is 4. The zero-order chi connectivity index (χ0) is 39.5. The van der Waals surface area contributed by atoms with Crippen LogP contribution in [0.3, 0.4) is 0 Å². The Labute approximate surface area is 334 Å². The van der Waals surface area contributed by atoms with Gasteiger partial charge in [0.05, 0.1) is 11.4 Å². The lowest BCUT2D eigenvalue weighted by molar-refractivity contribution is 0.591. The Morgan fingerprint density at radius 1 is 0.304 bits per heavy atom.